The van der Waals surface area contributed by atoms with Crippen molar-refractivity contribution in [1.29, 1.82) is 0 Å². The second-order valence-electron chi connectivity index (χ2n) is 4.16. The maximum Gasteiger partial charge on any atom is 0.228 e. The van der Waals surface area contributed by atoms with Crippen LogP contribution in [0.15, 0.2) is 48.5 Å². The van der Waals surface area contributed by atoms with Gasteiger partial charge in [-0.1, -0.05) is 24.3 Å². The molecule has 0 aliphatic heterocycles. The molecule has 0 bridgehead atoms. The van der Waals surface area contributed by atoms with Gasteiger partial charge in [0.25, 0.3) is 0 Å². The number of aromatic nitrogens is 2. The molecule has 0 amide bonds. The van der Waals surface area contributed by atoms with E-state index in [4.69, 9.17) is 4.74 Å². The zero-order valence-corrected chi connectivity index (χ0v) is 10.4. The van der Waals surface area contributed by atoms with E-state index < -0.39 is 0 Å². The molecular formula is C15H12N2O2. The van der Waals surface area contributed by atoms with Gasteiger partial charge in [-0.15, -0.1) is 0 Å². The highest BCUT2D eigenvalue weighted by molar-refractivity contribution is 6.08. The smallest absolute Gasteiger partial charge is 0.228 e. The molecule has 4 nitrogen and oxygen atoms in total. The Balaban J connectivity index is 2.02. The average molecular weight is 252 g/mol. The zero-order chi connectivity index (χ0) is 13.2. The van der Waals surface area contributed by atoms with Crippen molar-refractivity contribution in [2.45, 2.75) is 0 Å². The fraction of sp³-hybridized carbons (Fsp3) is 0.0667. The predicted octanol–water partition coefficient (Wildman–Crippen LogP) is 2.80. The van der Waals surface area contributed by atoms with Crippen LogP contribution in [0.25, 0.3) is 11.0 Å². The molecule has 0 atom stereocenters. The van der Waals surface area contributed by atoms with E-state index >= 15 is 0 Å². The fourth-order valence-electron chi connectivity index (χ4n) is 1.96. The van der Waals surface area contributed by atoms with E-state index in [0.29, 0.717) is 17.1 Å². The topological polar surface area (TPSA) is 55.0 Å². The Kier molecular flexibility index (Phi) is 2.76. The second kappa shape index (κ2) is 4.57. The summed E-state index contributed by atoms with van der Waals surface area (Å²) in [6.07, 6.45) is 0. The van der Waals surface area contributed by atoms with E-state index in [1.165, 1.54) is 0 Å². The van der Waals surface area contributed by atoms with Crippen LogP contribution in [0.1, 0.15) is 16.2 Å². The molecule has 0 radical (unpaired) electrons. The van der Waals surface area contributed by atoms with E-state index in [0.717, 1.165) is 11.0 Å². The Morgan fingerprint density at radius 1 is 1.16 bits per heavy atom. The van der Waals surface area contributed by atoms with Crippen molar-refractivity contribution in [3.8, 4) is 5.75 Å². The maximum absolute atomic E-state index is 12.3. The predicted molar refractivity (Wildman–Crippen MR) is 72.5 cm³/mol. The van der Waals surface area contributed by atoms with Crippen molar-refractivity contribution in [3.63, 3.8) is 0 Å². The third-order valence-electron chi connectivity index (χ3n) is 2.94. The quantitative estimate of drug-likeness (QED) is 0.729. The largest absolute Gasteiger partial charge is 0.497 e. The number of H-pyrrole nitrogens is 1. The van der Waals surface area contributed by atoms with Crippen LogP contribution in [0.3, 0.4) is 0 Å². The number of hydrogen-bond donors (Lipinski definition) is 1. The summed E-state index contributed by atoms with van der Waals surface area (Å²) in [5.41, 5.74) is 2.20. The first-order valence-corrected chi connectivity index (χ1v) is 5.91. The molecule has 0 saturated carbocycles. The molecule has 19 heavy (non-hydrogen) atoms. The van der Waals surface area contributed by atoms with Gasteiger partial charge in [-0.3, -0.25) is 4.79 Å². The molecule has 0 fully saturated rings. The number of nitrogens with zero attached hydrogens (tertiary/aromatic N) is 1. The molecule has 0 spiro atoms. The number of carbonyl (C=O) groups is 1. The number of ether oxygens (including phenoxy) is 1. The van der Waals surface area contributed by atoms with Crippen LogP contribution in [0.4, 0.5) is 0 Å². The van der Waals surface area contributed by atoms with Crippen LogP contribution in [0.2, 0.25) is 0 Å². The van der Waals surface area contributed by atoms with Gasteiger partial charge in [0.15, 0.2) is 5.82 Å². The molecule has 3 rings (SSSR count). The van der Waals surface area contributed by atoms with E-state index in [-0.39, 0.29) is 5.78 Å². The van der Waals surface area contributed by atoms with Gasteiger partial charge < -0.3 is 9.72 Å². The average Bonchev–Trinajstić information content (AvgIpc) is 2.90. The lowest BCUT2D eigenvalue weighted by atomic mass is 10.1. The summed E-state index contributed by atoms with van der Waals surface area (Å²) in [5.74, 6) is 0.853. The van der Waals surface area contributed by atoms with E-state index in [2.05, 4.69) is 9.97 Å². The summed E-state index contributed by atoms with van der Waals surface area (Å²) in [6.45, 7) is 0. The highest BCUT2D eigenvalue weighted by atomic mass is 16.5. The standard InChI is InChI=1S/C15H12N2O2/c1-19-11-6-4-5-10(9-11)14(18)15-16-12-7-2-3-8-13(12)17-15/h2-9H,1H3,(H,16,17). The normalized spacial score (nSPS) is 10.6. The van der Waals surface area contributed by atoms with Gasteiger partial charge in [-0.05, 0) is 24.3 Å². The minimum Gasteiger partial charge on any atom is -0.497 e. The summed E-state index contributed by atoms with van der Waals surface area (Å²) >= 11 is 0. The van der Waals surface area contributed by atoms with Gasteiger partial charge in [-0.2, -0.15) is 0 Å². The number of nitrogens with one attached hydrogen (secondary N) is 1. The van der Waals surface area contributed by atoms with Crippen LogP contribution >= 0.6 is 0 Å². The summed E-state index contributed by atoms with van der Waals surface area (Å²) in [4.78, 5) is 19.7. The molecule has 1 N–H and O–H groups in total. The van der Waals surface area contributed by atoms with Crippen molar-refractivity contribution in [1.82, 2.24) is 9.97 Å². The van der Waals surface area contributed by atoms with Crippen LogP contribution in [-0.4, -0.2) is 22.9 Å². The lowest BCUT2D eigenvalue weighted by Gasteiger charge is -2.01. The van der Waals surface area contributed by atoms with Crippen molar-refractivity contribution in [2.75, 3.05) is 7.11 Å². The first kappa shape index (κ1) is 11.5. The molecule has 94 valence electrons. The van der Waals surface area contributed by atoms with Crippen molar-refractivity contribution in [2.24, 2.45) is 0 Å². The zero-order valence-electron chi connectivity index (χ0n) is 10.4. The number of fused-ring (bicyclic) bond motifs is 1. The highest BCUT2D eigenvalue weighted by Gasteiger charge is 2.14. The molecule has 0 unspecified atom stereocenters. The third-order valence-corrected chi connectivity index (χ3v) is 2.94. The lowest BCUT2D eigenvalue weighted by Crippen LogP contribution is -2.03. The number of methoxy groups -OCH3 is 1. The molecule has 4 heteroatoms. The van der Waals surface area contributed by atoms with Crippen molar-refractivity contribution >= 4 is 16.8 Å². The van der Waals surface area contributed by atoms with Crippen molar-refractivity contribution in [3.05, 3.63) is 59.9 Å². The van der Waals surface area contributed by atoms with Gasteiger partial charge in [0.2, 0.25) is 5.78 Å². The molecule has 1 aromatic heterocycles. The third kappa shape index (κ3) is 2.08. The number of benzene rings is 2. The molecule has 3 aromatic rings. The Morgan fingerprint density at radius 3 is 2.79 bits per heavy atom. The monoisotopic (exact) mass is 252 g/mol. The van der Waals surface area contributed by atoms with Gasteiger partial charge >= 0.3 is 0 Å². The van der Waals surface area contributed by atoms with Crippen LogP contribution in [0.5, 0.6) is 5.75 Å². The Morgan fingerprint density at radius 2 is 2.00 bits per heavy atom. The number of ketones is 1. The van der Waals surface area contributed by atoms with Gasteiger partial charge in [0, 0.05) is 5.56 Å². The first-order chi connectivity index (χ1) is 9.28. The van der Waals surface area contributed by atoms with Crippen LogP contribution in [-0.2, 0) is 0 Å². The van der Waals surface area contributed by atoms with Gasteiger partial charge in [-0.25, -0.2) is 4.98 Å². The molecular weight excluding hydrogens is 240 g/mol. The summed E-state index contributed by atoms with van der Waals surface area (Å²) in [6, 6.07) is 14.6. The summed E-state index contributed by atoms with van der Waals surface area (Å²) in [5, 5.41) is 0. The Hall–Kier alpha value is -2.62. The van der Waals surface area contributed by atoms with E-state index in [9.17, 15) is 4.79 Å². The maximum atomic E-state index is 12.3. The summed E-state index contributed by atoms with van der Waals surface area (Å²) in [7, 11) is 1.57. The number of aromatic amines is 1. The van der Waals surface area contributed by atoms with Crippen LogP contribution in [0, 0.1) is 0 Å². The molecule has 0 saturated heterocycles. The minimum absolute atomic E-state index is 0.143. The van der Waals surface area contributed by atoms with Crippen LogP contribution < -0.4 is 4.74 Å². The molecule has 0 aliphatic carbocycles. The summed E-state index contributed by atoms with van der Waals surface area (Å²) < 4.78 is 5.12. The number of imidazole rings is 1. The van der Waals surface area contributed by atoms with E-state index in [1.54, 1.807) is 31.4 Å². The SMILES string of the molecule is COc1cccc(C(=O)c2nc3ccccc3[nH]2)c1. The Bertz CT molecular complexity index is 713. The molecule has 0 aliphatic rings. The molecule has 2 aromatic carbocycles. The fourth-order valence-corrected chi connectivity index (χ4v) is 1.96. The lowest BCUT2D eigenvalue weighted by molar-refractivity contribution is 0.103. The first-order valence-electron chi connectivity index (χ1n) is 5.91. The molecule has 1 heterocycles. The number of hydrogen-bond acceptors (Lipinski definition) is 3. The Labute approximate surface area is 110 Å². The number of carbonyl (C=O) groups excluding carboxylic acids is 1. The van der Waals surface area contributed by atoms with Gasteiger partial charge in [0.05, 0.1) is 18.1 Å². The van der Waals surface area contributed by atoms with Crippen molar-refractivity contribution < 1.29 is 9.53 Å². The number of rotatable bonds is 3. The van der Waals surface area contributed by atoms with Gasteiger partial charge in [0.1, 0.15) is 5.75 Å². The number of para-hydroxylation sites is 2. The second-order valence-corrected chi connectivity index (χ2v) is 4.16. The highest BCUT2D eigenvalue weighted by Crippen LogP contribution is 2.17. The minimum atomic E-state index is -0.143. The van der Waals surface area contributed by atoms with E-state index in [1.807, 2.05) is 24.3 Å².